The highest BCUT2D eigenvalue weighted by Gasteiger charge is 2.32. The first-order valence-corrected chi connectivity index (χ1v) is 14.2. The van der Waals surface area contributed by atoms with Crippen LogP contribution in [-0.4, -0.2) is 58.1 Å². The number of likely N-dealkylation sites (N-methyl/N-ethyl adjacent to an activating group) is 1. The number of nitrogens with zero attached hydrogens (tertiary/aromatic N) is 2. The number of nitrogens with one attached hydrogen (secondary N) is 1. The maximum absolute atomic E-state index is 13.9. The summed E-state index contributed by atoms with van der Waals surface area (Å²) in [5, 5.41) is 3.29. The Balaban J connectivity index is 2.03. The number of hydrogen-bond donors (Lipinski definition) is 1. The predicted molar refractivity (Wildman–Crippen MR) is 150 cm³/mol. The highest BCUT2D eigenvalue weighted by Crippen LogP contribution is 2.30. The smallest absolute Gasteiger partial charge is 0.244 e. The molecule has 0 aromatic heterocycles. The fourth-order valence-electron chi connectivity index (χ4n) is 3.98. The zero-order valence-electron chi connectivity index (χ0n) is 21.2. The van der Waals surface area contributed by atoms with Crippen molar-refractivity contribution in [1.29, 1.82) is 0 Å². The third kappa shape index (κ3) is 7.63. The van der Waals surface area contributed by atoms with Gasteiger partial charge in [0.15, 0.2) is 0 Å². The van der Waals surface area contributed by atoms with Crippen LogP contribution in [0.4, 0.5) is 5.69 Å². The Hall–Kier alpha value is -3.27. The molecule has 38 heavy (non-hydrogen) atoms. The van der Waals surface area contributed by atoms with Crippen molar-refractivity contribution in [3.8, 4) is 5.75 Å². The average molecular weight is 579 g/mol. The van der Waals surface area contributed by atoms with Gasteiger partial charge in [0.1, 0.15) is 18.3 Å². The molecule has 0 aliphatic heterocycles. The van der Waals surface area contributed by atoms with Crippen LogP contribution in [0.3, 0.4) is 0 Å². The normalized spacial score (nSPS) is 11.9. The summed E-state index contributed by atoms with van der Waals surface area (Å²) >= 11 is 12.4. The molecule has 1 unspecified atom stereocenters. The molecule has 0 saturated carbocycles. The van der Waals surface area contributed by atoms with Gasteiger partial charge in [-0.15, -0.1) is 0 Å². The molecular weight excluding hydrogens is 549 g/mol. The molecule has 3 aromatic carbocycles. The lowest BCUT2D eigenvalue weighted by molar-refractivity contribution is -0.139. The minimum absolute atomic E-state index is 0.0330. The number of anilines is 1. The van der Waals surface area contributed by atoms with Gasteiger partial charge in [-0.1, -0.05) is 65.7 Å². The van der Waals surface area contributed by atoms with E-state index in [1.165, 1.54) is 37.3 Å². The Morgan fingerprint density at radius 3 is 2.24 bits per heavy atom. The van der Waals surface area contributed by atoms with Crippen molar-refractivity contribution in [2.24, 2.45) is 0 Å². The lowest BCUT2D eigenvalue weighted by Gasteiger charge is -2.33. The van der Waals surface area contributed by atoms with Crippen LogP contribution in [0.2, 0.25) is 10.0 Å². The molecular formula is C27H29Cl2N3O5S. The fourth-order valence-corrected chi connectivity index (χ4v) is 5.28. The van der Waals surface area contributed by atoms with Gasteiger partial charge < -0.3 is 15.0 Å². The molecule has 0 fully saturated rings. The van der Waals surface area contributed by atoms with Crippen molar-refractivity contribution in [1.82, 2.24) is 10.2 Å². The summed E-state index contributed by atoms with van der Waals surface area (Å²) in [6, 6.07) is 19.7. The number of sulfonamides is 1. The van der Waals surface area contributed by atoms with E-state index in [4.69, 9.17) is 27.9 Å². The largest absolute Gasteiger partial charge is 0.495 e. The summed E-state index contributed by atoms with van der Waals surface area (Å²) < 4.78 is 31.7. The number of carbonyl (C=O) groups excluding carboxylic acids is 2. The van der Waals surface area contributed by atoms with Crippen LogP contribution in [-0.2, 0) is 32.6 Å². The molecule has 1 atom stereocenters. The lowest BCUT2D eigenvalue weighted by atomic mass is 10.0. The van der Waals surface area contributed by atoms with Crippen molar-refractivity contribution in [2.75, 3.05) is 31.3 Å². The number of rotatable bonds is 11. The Labute approximate surface area is 233 Å². The number of benzene rings is 3. The van der Waals surface area contributed by atoms with Crippen LogP contribution in [0.5, 0.6) is 5.75 Å². The summed E-state index contributed by atoms with van der Waals surface area (Å²) in [6.45, 7) is -0.518. The third-order valence-corrected chi connectivity index (χ3v) is 7.53. The van der Waals surface area contributed by atoms with Gasteiger partial charge >= 0.3 is 0 Å². The molecule has 0 aliphatic carbocycles. The first-order valence-electron chi connectivity index (χ1n) is 11.6. The van der Waals surface area contributed by atoms with E-state index in [9.17, 15) is 18.0 Å². The Morgan fingerprint density at radius 2 is 1.66 bits per heavy atom. The molecule has 1 N–H and O–H groups in total. The maximum atomic E-state index is 13.9. The number of amides is 2. The van der Waals surface area contributed by atoms with Crippen LogP contribution in [0.25, 0.3) is 0 Å². The van der Waals surface area contributed by atoms with Gasteiger partial charge in [0.05, 0.1) is 24.1 Å². The van der Waals surface area contributed by atoms with Gasteiger partial charge in [0, 0.05) is 25.0 Å². The predicted octanol–water partition coefficient (Wildman–Crippen LogP) is 4.15. The minimum Gasteiger partial charge on any atom is -0.495 e. The topological polar surface area (TPSA) is 96.0 Å². The number of halogens is 2. The van der Waals surface area contributed by atoms with E-state index >= 15 is 0 Å². The number of ether oxygens (including phenoxy) is 1. The molecule has 0 heterocycles. The van der Waals surface area contributed by atoms with Crippen molar-refractivity contribution >= 4 is 50.7 Å². The van der Waals surface area contributed by atoms with E-state index in [2.05, 4.69) is 5.32 Å². The van der Waals surface area contributed by atoms with Gasteiger partial charge in [-0.05, 0) is 41.5 Å². The lowest BCUT2D eigenvalue weighted by Crippen LogP contribution is -2.52. The van der Waals surface area contributed by atoms with E-state index in [1.54, 1.807) is 24.3 Å². The van der Waals surface area contributed by atoms with E-state index in [-0.39, 0.29) is 29.6 Å². The third-order valence-electron chi connectivity index (χ3n) is 5.86. The van der Waals surface area contributed by atoms with Gasteiger partial charge in [-0.2, -0.15) is 0 Å². The van der Waals surface area contributed by atoms with Crippen LogP contribution in [0.15, 0.2) is 72.8 Å². The number of carbonyl (C=O) groups is 2. The summed E-state index contributed by atoms with van der Waals surface area (Å²) in [5.74, 6) is -0.602. The molecule has 11 heteroatoms. The highest BCUT2D eigenvalue weighted by molar-refractivity contribution is 7.92. The molecule has 202 valence electrons. The molecule has 2 amide bonds. The van der Waals surface area contributed by atoms with Crippen molar-refractivity contribution < 1.29 is 22.7 Å². The molecule has 0 radical (unpaired) electrons. The van der Waals surface area contributed by atoms with E-state index < -0.39 is 28.5 Å². The molecule has 0 bridgehead atoms. The summed E-state index contributed by atoms with van der Waals surface area (Å²) in [6.07, 6.45) is 1.22. The Bertz CT molecular complexity index is 1390. The molecule has 8 nitrogen and oxygen atoms in total. The second-order valence-electron chi connectivity index (χ2n) is 8.56. The van der Waals surface area contributed by atoms with Gasteiger partial charge in [0.25, 0.3) is 0 Å². The summed E-state index contributed by atoms with van der Waals surface area (Å²) in [5.41, 5.74) is 1.71. The van der Waals surface area contributed by atoms with Crippen molar-refractivity contribution in [3.63, 3.8) is 0 Å². The van der Waals surface area contributed by atoms with E-state index in [0.717, 1.165) is 16.1 Å². The molecule has 3 rings (SSSR count). The van der Waals surface area contributed by atoms with Gasteiger partial charge in [0.2, 0.25) is 21.8 Å². The van der Waals surface area contributed by atoms with E-state index in [1.807, 2.05) is 30.3 Å². The second kappa shape index (κ2) is 13.0. The maximum Gasteiger partial charge on any atom is 0.244 e. The Kier molecular flexibility index (Phi) is 10.0. The number of methoxy groups -OCH3 is 1. The zero-order chi connectivity index (χ0) is 27.9. The summed E-state index contributed by atoms with van der Waals surface area (Å²) in [7, 11) is -0.975. The van der Waals surface area contributed by atoms with Crippen LogP contribution >= 0.6 is 23.2 Å². The first kappa shape index (κ1) is 29.3. The quantitative estimate of drug-likeness (QED) is 0.369. The highest BCUT2D eigenvalue weighted by atomic mass is 35.5. The van der Waals surface area contributed by atoms with Crippen LogP contribution in [0, 0.1) is 0 Å². The molecule has 0 spiro atoms. The molecule has 0 saturated heterocycles. The first-order chi connectivity index (χ1) is 18.0. The van der Waals surface area contributed by atoms with E-state index in [0.29, 0.717) is 16.3 Å². The van der Waals surface area contributed by atoms with Crippen molar-refractivity contribution in [2.45, 2.75) is 19.0 Å². The van der Waals surface area contributed by atoms with Crippen LogP contribution < -0.4 is 14.4 Å². The molecule has 0 aliphatic rings. The Morgan fingerprint density at radius 1 is 0.974 bits per heavy atom. The average Bonchev–Trinajstić information content (AvgIpc) is 2.88. The summed E-state index contributed by atoms with van der Waals surface area (Å²) in [4.78, 5) is 28.3. The minimum atomic E-state index is -3.91. The van der Waals surface area contributed by atoms with Crippen LogP contribution in [0.1, 0.15) is 11.1 Å². The second-order valence-corrected chi connectivity index (χ2v) is 11.3. The zero-order valence-corrected chi connectivity index (χ0v) is 23.6. The standard InChI is InChI=1S/C27H29Cl2N3O5S/c1-30-27(34)24(15-19-8-5-4-6-9-19)31(17-20-10-7-11-21(28)14-20)26(33)18-32(38(3,35)36)22-12-13-25(37-2)23(29)16-22/h4-14,16,24H,15,17-18H2,1-3H3,(H,30,34). The fraction of sp³-hybridized carbons (Fsp3) is 0.259. The van der Waals surface area contributed by atoms with Crippen molar-refractivity contribution in [3.05, 3.63) is 94.0 Å². The van der Waals surface area contributed by atoms with Gasteiger partial charge in [-0.25, -0.2) is 8.42 Å². The SMILES string of the molecule is CNC(=O)C(Cc1ccccc1)N(Cc1cccc(Cl)c1)C(=O)CN(c1ccc(OC)c(Cl)c1)S(C)(=O)=O. The monoisotopic (exact) mass is 577 g/mol. The number of hydrogen-bond acceptors (Lipinski definition) is 5. The van der Waals surface area contributed by atoms with Gasteiger partial charge in [-0.3, -0.25) is 13.9 Å². The molecule has 3 aromatic rings.